The Bertz CT molecular complexity index is 375. The van der Waals surface area contributed by atoms with Crippen LogP contribution in [0.5, 0.6) is 0 Å². The predicted octanol–water partition coefficient (Wildman–Crippen LogP) is 1.52. The van der Waals surface area contributed by atoms with Crippen molar-refractivity contribution in [2.75, 3.05) is 6.54 Å². The maximum absolute atomic E-state index is 11.1. The molecule has 1 fully saturated rings. The molecular weight excluding hydrogens is 176 g/mol. The van der Waals surface area contributed by atoms with Crippen LogP contribution in [0.2, 0.25) is 0 Å². The second-order valence-electron chi connectivity index (χ2n) is 3.95. The number of amides is 2. The van der Waals surface area contributed by atoms with Crippen LogP contribution < -0.4 is 10.6 Å². The van der Waals surface area contributed by atoms with E-state index in [0.717, 1.165) is 0 Å². The minimum Gasteiger partial charge on any atom is -0.335 e. The molecule has 2 rings (SSSR count). The SMILES string of the molecule is Cc1ccccc1C1(C)CNC(=O)N1. The van der Waals surface area contributed by atoms with Crippen LogP contribution >= 0.6 is 0 Å². The first-order valence-electron chi connectivity index (χ1n) is 4.74. The van der Waals surface area contributed by atoms with Crippen molar-refractivity contribution >= 4 is 6.03 Å². The second kappa shape index (κ2) is 3.01. The first kappa shape index (κ1) is 9.06. The third kappa shape index (κ3) is 1.35. The van der Waals surface area contributed by atoms with Gasteiger partial charge in [-0.15, -0.1) is 0 Å². The van der Waals surface area contributed by atoms with Gasteiger partial charge in [-0.2, -0.15) is 0 Å². The molecule has 1 aliphatic heterocycles. The van der Waals surface area contributed by atoms with E-state index in [1.165, 1.54) is 11.1 Å². The lowest BCUT2D eigenvalue weighted by Crippen LogP contribution is -2.37. The number of carbonyl (C=O) groups is 1. The van der Waals surface area contributed by atoms with E-state index < -0.39 is 0 Å². The van der Waals surface area contributed by atoms with Gasteiger partial charge >= 0.3 is 6.03 Å². The van der Waals surface area contributed by atoms with Gasteiger partial charge in [-0.3, -0.25) is 0 Å². The highest BCUT2D eigenvalue weighted by Crippen LogP contribution is 2.25. The molecule has 3 heteroatoms. The standard InChI is InChI=1S/C11H14N2O/c1-8-5-3-4-6-9(8)11(2)7-12-10(14)13-11/h3-6H,7H2,1-2H3,(H2,12,13,14). The van der Waals surface area contributed by atoms with Crippen LogP contribution in [0.4, 0.5) is 4.79 Å². The fourth-order valence-electron chi connectivity index (χ4n) is 1.95. The normalized spacial score (nSPS) is 25.7. The molecule has 1 atom stereocenters. The Labute approximate surface area is 83.5 Å². The zero-order valence-corrected chi connectivity index (χ0v) is 8.42. The number of nitrogens with one attached hydrogen (secondary N) is 2. The van der Waals surface area contributed by atoms with Crippen molar-refractivity contribution in [3.05, 3.63) is 35.4 Å². The van der Waals surface area contributed by atoms with Gasteiger partial charge in [-0.1, -0.05) is 24.3 Å². The molecule has 0 aliphatic carbocycles. The Morgan fingerprint density at radius 2 is 2.07 bits per heavy atom. The summed E-state index contributed by atoms with van der Waals surface area (Å²) in [5, 5.41) is 5.72. The molecule has 1 aromatic rings. The fraction of sp³-hybridized carbons (Fsp3) is 0.364. The van der Waals surface area contributed by atoms with Crippen LogP contribution in [0.15, 0.2) is 24.3 Å². The molecular formula is C11H14N2O. The second-order valence-corrected chi connectivity index (χ2v) is 3.95. The number of hydrogen-bond acceptors (Lipinski definition) is 1. The molecule has 74 valence electrons. The summed E-state index contributed by atoms with van der Waals surface area (Å²) < 4.78 is 0. The molecule has 1 aromatic carbocycles. The maximum atomic E-state index is 11.1. The van der Waals surface area contributed by atoms with Crippen LogP contribution in [0.1, 0.15) is 18.1 Å². The number of hydrogen-bond donors (Lipinski definition) is 2. The largest absolute Gasteiger partial charge is 0.335 e. The summed E-state index contributed by atoms with van der Waals surface area (Å²) in [6, 6.07) is 8.04. The summed E-state index contributed by atoms with van der Waals surface area (Å²) in [6.45, 7) is 4.75. The molecule has 2 N–H and O–H groups in total. The zero-order valence-electron chi connectivity index (χ0n) is 8.42. The highest BCUT2D eigenvalue weighted by Gasteiger charge is 2.35. The van der Waals surface area contributed by atoms with Crippen molar-refractivity contribution in [2.45, 2.75) is 19.4 Å². The van der Waals surface area contributed by atoms with Gasteiger partial charge in [-0.25, -0.2) is 4.79 Å². The Hall–Kier alpha value is -1.51. The lowest BCUT2D eigenvalue weighted by Gasteiger charge is -2.24. The van der Waals surface area contributed by atoms with E-state index in [9.17, 15) is 4.79 Å². The van der Waals surface area contributed by atoms with E-state index in [4.69, 9.17) is 0 Å². The molecule has 0 bridgehead atoms. The van der Waals surface area contributed by atoms with Gasteiger partial charge in [0.05, 0.1) is 5.54 Å². The van der Waals surface area contributed by atoms with Gasteiger partial charge in [0.1, 0.15) is 0 Å². The molecule has 0 radical (unpaired) electrons. The molecule has 0 aromatic heterocycles. The van der Waals surface area contributed by atoms with Crippen LogP contribution in [0.25, 0.3) is 0 Å². The molecule has 1 aliphatic rings. The van der Waals surface area contributed by atoms with Crippen molar-refractivity contribution in [3.63, 3.8) is 0 Å². The Morgan fingerprint density at radius 3 is 2.64 bits per heavy atom. The van der Waals surface area contributed by atoms with Crippen LogP contribution in [0.3, 0.4) is 0 Å². The lowest BCUT2D eigenvalue weighted by atomic mass is 9.90. The number of urea groups is 1. The highest BCUT2D eigenvalue weighted by molar-refractivity contribution is 5.78. The minimum absolute atomic E-state index is 0.0873. The molecule has 2 amide bonds. The molecule has 1 heterocycles. The van der Waals surface area contributed by atoms with E-state index >= 15 is 0 Å². The minimum atomic E-state index is -0.261. The summed E-state index contributed by atoms with van der Waals surface area (Å²) in [6.07, 6.45) is 0. The van der Waals surface area contributed by atoms with E-state index in [0.29, 0.717) is 6.54 Å². The molecule has 1 saturated heterocycles. The zero-order chi connectivity index (χ0) is 10.2. The van der Waals surface area contributed by atoms with Crippen molar-refractivity contribution in [2.24, 2.45) is 0 Å². The third-order valence-corrected chi connectivity index (χ3v) is 2.73. The van der Waals surface area contributed by atoms with Gasteiger partial charge in [0, 0.05) is 6.54 Å². The first-order chi connectivity index (χ1) is 6.62. The topological polar surface area (TPSA) is 41.1 Å². The fourth-order valence-corrected chi connectivity index (χ4v) is 1.95. The lowest BCUT2D eigenvalue weighted by molar-refractivity contribution is 0.245. The van der Waals surface area contributed by atoms with Crippen LogP contribution in [-0.2, 0) is 5.54 Å². The number of aryl methyl sites for hydroxylation is 1. The quantitative estimate of drug-likeness (QED) is 0.692. The van der Waals surface area contributed by atoms with Gasteiger partial charge in [0.15, 0.2) is 0 Å². The summed E-state index contributed by atoms with van der Waals surface area (Å²) in [4.78, 5) is 11.1. The Balaban J connectivity index is 2.40. The van der Waals surface area contributed by atoms with E-state index in [-0.39, 0.29) is 11.6 Å². The molecule has 1 unspecified atom stereocenters. The maximum Gasteiger partial charge on any atom is 0.315 e. The first-order valence-corrected chi connectivity index (χ1v) is 4.74. The third-order valence-electron chi connectivity index (χ3n) is 2.73. The van der Waals surface area contributed by atoms with Gasteiger partial charge in [0.25, 0.3) is 0 Å². The van der Waals surface area contributed by atoms with Crippen molar-refractivity contribution in [1.29, 1.82) is 0 Å². The van der Waals surface area contributed by atoms with Crippen LogP contribution in [-0.4, -0.2) is 12.6 Å². The summed E-state index contributed by atoms with van der Waals surface area (Å²) in [7, 11) is 0. The summed E-state index contributed by atoms with van der Waals surface area (Å²) in [5.74, 6) is 0. The van der Waals surface area contributed by atoms with Gasteiger partial charge < -0.3 is 10.6 Å². The smallest absolute Gasteiger partial charge is 0.315 e. The van der Waals surface area contributed by atoms with E-state index in [2.05, 4.69) is 29.7 Å². The summed E-state index contributed by atoms with van der Waals surface area (Å²) >= 11 is 0. The van der Waals surface area contributed by atoms with E-state index in [1.54, 1.807) is 0 Å². The van der Waals surface area contributed by atoms with Crippen molar-refractivity contribution in [1.82, 2.24) is 10.6 Å². The monoisotopic (exact) mass is 190 g/mol. The number of rotatable bonds is 1. The number of benzene rings is 1. The summed E-state index contributed by atoms with van der Waals surface area (Å²) in [5.41, 5.74) is 2.12. The van der Waals surface area contributed by atoms with E-state index in [1.807, 2.05) is 19.1 Å². The average Bonchev–Trinajstić information content (AvgIpc) is 2.48. The van der Waals surface area contributed by atoms with Crippen molar-refractivity contribution < 1.29 is 4.79 Å². The van der Waals surface area contributed by atoms with Gasteiger partial charge in [-0.05, 0) is 25.0 Å². The van der Waals surface area contributed by atoms with Crippen LogP contribution in [0, 0.1) is 6.92 Å². The Kier molecular flexibility index (Phi) is 1.95. The molecule has 14 heavy (non-hydrogen) atoms. The highest BCUT2D eigenvalue weighted by atomic mass is 16.2. The Morgan fingerprint density at radius 1 is 1.36 bits per heavy atom. The van der Waals surface area contributed by atoms with Gasteiger partial charge in [0.2, 0.25) is 0 Å². The molecule has 3 nitrogen and oxygen atoms in total. The van der Waals surface area contributed by atoms with Crippen molar-refractivity contribution in [3.8, 4) is 0 Å². The number of carbonyl (C=O) groups excluding carboxylic acids is 1. The molecule has 0 spiro atoms. The predicted molar refractivity (Wildman–Crippen MR) is 55.1 cm³/mol. The molecule has 0 saturated carbocycles. The average molecular weight is 190 g/mol.